The Morgan fingerprint density at radius 3 is 2.57 bits per heavy atom. The summed E-state index contributed by atoms with van der Waals surface area (Å²) in [5.41, 5.74) is 3.31. The van der Waals surface area contributed by atoms with Gasteiger partial charge in [-0.15, -0.1) is 0 Å². The Labute approximate surface area is 82.2 Å². The number of H-pyrrole nitrogens is 1. The van der Waals surface area contributed by atoms with E-state index < -0.39 is 0 Å². The molecule has 0 atom stereocenters. The predicted octanol–water partition coefficient (Wildman–Crippen LogP) is 2.35. The summed E-state index contributed by atoms with van der Waals surface area (Å²) in [4.78, 5) is 13.5. The van der Waals surface area contributed by atoms with Crippen LogP contribution < -0.4 is 5.56 Å². The summed E-state index contributed by atoms with van der Waals surface area (Å²) < 4.78 is 0. The second-order valence-corrected chi connectivity index (χ2v) is 3.31. The van der Waals surface area contributed by atoms with Gasteiger partial charge < -0.3 is 4.98 Å². The maximum absolute atomic E-state index is 10.9. The predicted molar refractivity (Wildman–Crippen MR) is 57.2 cm³/mol. The SMILES string of the molecule is Cc1cccc(-c2ccc(=O)[nH]c2)c1. The van der Waals surface area contributed by atoms with Crippen LogP contribution in [0.1, 0.15) is 5.56 Å². The molecule has 1 aromatic carbocycles. The van der Waals surface area contributed by atoms with Gasteiger partial charge in [-0.25, -0.2) is 0 Å². The molecule has 2 rings (SSSR count). The molecule has 14 heavy (non-hydrogen) atoms. The zero-order chi connectivity index (χ0) is 9.97. The first kappa shape index (κ1) is 8.75. The summed E-state index contributed by atoms with van der Waals surface area (Å²) in [6, 6.07) is 11.5. The van der Waals surface area contributed by atoms with Crippen molar-refractivity contribution in [3.05, 3.63) is 58.5 Å². The maximum Gasteiger partial charge on any atom is 0.247 e. The smallest absolute Gasteiger partial charge is 0.247 e. The van der Waals surface area contributed by atoms with E-state index in [1.165, 1.54) is 11.6 Å². The molecule has 0 aliphatic carbocycles. The lowest BCUT2D eigenvalue weighted by Gasteiger charge is -2.01. The van der Waals surface area contributed by atoms with Crippen molar-refractivity contribution < 1.29 is 0 Å². The zero-order valence-electron chi connectivity index (χ0n) is 7.95. The number of aromatic nitrogens is 1. The van der Waals surface area contributed by atoms with Gasteiger partial charge in [0.05, 0.1) is 0 Å². The zero-order valence-corrected chi connectivity index (χ0v) is 7.95. The minimum Gasteiger partial charge on any atom is -0.328 e. The molecule has 0 fully saturated rings. The number of hydrogen-bond donors (Lipinski definition) is 1. The first-order valence-corrected chi connectivity index (χ1v) is 4.51. The Balaban J connectivity index is 2.49. The summed E-state index contributed by atoms with van der Waals surface area (Å²) >= 11 is 0. The van der Waals surface area contributed by atoms with Gasteiger partial charge in [-0.3, -0.25) is 4.79 Å². The first-order valence-electron chi connectivity index (χ1n) is 4.51. The van der Waals surface area contributed by atoms with Crippen LogP contribution in [0.25, 0.3) is 11.1 Å². The third-order valence-electron chi connectivity index (χ3n) is 2.14. The van der Waals surface area contributed by atoms with Crippen molar-refractivity contribution in [3.8, 4) is 11.1 Å². The van der Waals surface area contributed by atoms with Gasteiger partial charge >= 0.3 is 0 Å². The number of aromatic amines is 1. The van der Waals surface area contributed by atoms with E-state index in [9.17, 15) is 4.79 Å². The van der Waals surface area contributed by atoms with Gasteiger partial charge in [0.15, 0.2) is 0 Å². The average Bonchev–Trinajstić information content (AvgIpc) is 2.19. The lowest BCUT2D eigenvalue weighted by molar-refractivity contribution is 1.24. The highest BCUT2D eigenvalue weighted by molar-refractivity contribution is 5.62. The molecular formula is C12H11NO. The van der Waals surface area contributed by atoms with Crippen molar-refractivity contribution in [2.45, 2.75) is 6.92 Å². The summed E-state index contributed by atoms with van der Waals surface area (Å²) in [7, 11) is 0. The van der Waals surface area contributed by atoms with Crippen LogP contribution in [-0.2, 0) is 0 Å². The van der Waals surface area contributed by atoms with E-state index in [0.717, 1.165) is 11.1 Å². The second kappa shape index (κ2) is 3.50. The number of nitrogens with one attached hydrogen (secondary N) is 1. The molecule has 0 saturated heterocycles. The lowest BCUT2D eigenvalue weighted by atomic mass is 10.1. The highest BCUT2D eigenvalue weighted by Crippen LogP contribution is 2.17. The first-order chi connectivity index (χ1) is 6.75. The van der Waals surface area contributed by atoms with E-state index in [0.29, 0.717) is 0 Å². The van der Waals surface area contributed by atoms with Crippen LogP contribution in [0, 0.1) is 6.92 Å². The fourth-order valence-electron chi connectivity index (χ4n) is 1.41. The summed E-state index contributed by atoms with van der Waals surface area (Å²) in [6.07, 6.45) is 1.73. The van der Waals surface area contributed by atoms with E-state index in [2.05, 4.69) is 24.0 Å². The van der Waals surface area contributed by atoms with Crippen molar-refractivity contribution >= 4 is 0 Å². The second-order valence-electron chi connectivity index (χ2n) is 3.31. The van der Waals surface area contributed by atoms with Crippen molar-refractivity contribution in [2.75, 3.05) is 0 Å². The third kappa shape index (κ3) is 1.74. The normalized spacial score (nSPS) is 10.1. The number of benzene rings is 1. The minimum atomic E-state index is -0.0681. The number of rotatable bonds is 1. The molecule has 0 aliphatic heterocycles. The lowest BCUT2D eigenvalue weighted by Crippen LogP contribution is -2.01. The van der Waals surface area contributed by atoms with E-state index in [-0.39, 0.29) is 5.56 Å². The average molecular weight is 185 g/mol. The van der Waals surface area contributed by atoms with Gasteiger partial charge in [0.1, 0.15) is 0 Å². The van der Waals surface area contributed by atoms with Crippen LogP contribution in [-0.4, -0.2) is 4.98 Å². The Hall–Kier alpha value is -1.83. The Kier molecular flexibility index (Phi) is 2.19. The molecule has 0 saturated carbocycles. The quantitative estimate of drug-likeness (QED) is 0.726. The third-order valence-corrected chi connectivity index (χ3v) is 2.14. The molecule has 0 amide bonds. The molecule has 0 spiro atoms. The van der Waals surface area contributed by atoms with Crippen LogP contribution in [0.4, 0.5) is 0 Å². The van der Waals surface area contributed by atoms with Gasteiger partial charge in [-0.1, -0.05) is 29.8 Å². The monoisotopic (exact) mass is 185 g/mol. The highest BCUT2D eigenvalue weighted by atomic mass is 16.1. The van der Waals surface area contributed by atoms with Crippen molar-refractivity contribution in [1.29, 1.82) is 0 Å². The van der Waals surface area contributed by atoms with Crippen LogP contribution in [0.5, 0.6) is 0 Å². The molecule has 0 unspecified atom stereocenters. The molecule has 1 heterocycles. The Morgan fingerprint density at radius 1 is 1.07 bits per heavy atom. The molecular weight excluding hydrogens is 174 g/mol. The van der Waals surface area contributed by atoms with E-state index in [1.54, 1.807) is 6.20 Å². The van der Waals surface area contributed by atoms with Gasteiger partial charge in [-0.05, 0) is 24.1 Å². The summed E-state index contributed by atoms with van der Waals surface area (Å²) in [6.45, 7) is 2.05. The molecule has 2 nitrogen and oxygen atoms in total. The fraction of sp³-hybridized carbons (Fsp3) is 0.0833. The largest absolute Gasteiger partial charge is 0.328 e. The summed E-state index contributed by atoms with van der Waals surface area (Å²) in [5, 5.41) is 0. The summed E-state index contributed by atoms with van der Waals surface area (Å²) in [5.74, 6) is 0. The molecule has 1 aromatic heterocycles. The molecule has 0 radical (unpaired) electrons. The molecule has 0 bridgehead atoms. The van der Waals surface area contributed by atoms with Gasteiger partial charge in [-0.2, -0.15) is 0 Å². The molecule has 0 aliphatic rings. The van der Waals surface area contributed by atoms with Crippen LogP contribution in [0.15, 0.2) is 47.4 Å². The van der Waals surface area contributed by atoms with Gasteiger partial charge in [0.25, 0.3) is 0 Å². The van der Waals surface area contributed by atoms with Crippen LogP contribution >= 0.6 is 0 Å². The number of aryl methyl sites for hydroxylation is 1. The Bertz CT molecular complexity index is 479. The minimum absolute atomic E-state index is 0.0681. The van der Waals surface area contributed by atoms with E-state index in [1.807, 2.05) is 18.2 Å². The topological polar surface area (TPSA) is 32.9 Å². The van der Waals surface area contributed by atoms with E-state index >= 15 is 0 Å². The number of pyridine rings is 1. The van der Waals surface area contributed by atoms with Gasteiger partial charge in [0.2, 0.25) is 5.56 Å². The maximum atomic E-state index is 10.9. The fourth-order valence-corrected chi connectivity index (χ4v) is 1.41. The van der Waals surface area contributed by atoms with Crippen molar-refractivity contribution in [2.24, 2.45) is 0 Å². The molecule has 2 aromatic rings. The molecule has 1 N–H and O–H groups in total. The van der Waals surface area contributed by atoms with Crippen LogP contribution in [0.3, 0.4) is 0 Å². The molecule has 70 valence electrons. The van der Waals surface area contributed by atoms with E-state index in [4.69, 9.17) is 0 Å². The van der Waals surface area contributed by atoms with Crippen molar-refractivity contribution in [1.82, 2.24) is 4.98 Å². The highest BCUT2D eigenvalue weighted by Gasteiger charge is 1.96. The molecule has 2 heteroatoms. The van der Waals surface area contributed by atoms with Crippen LogP contribution in [0.2, 0.25) is 0 Å². The standard InChI is InChI=1S/C12H11NO/c1-9-3-2-4-10(7-9)11-5-6-12(14)13-8-11/h2-8H,1H3,(H,13,14). The number of hydrogen-bond acceptors (Lipinski definition) is 1. The van der Waals surface area contributed by atoms with Crippen molar-refractivity contribution in [3.63, 3.8) is 0 Å². The van der Waals surface area contributed by atoms with Gasteiger partial charge in [0, 0.05) is 12.3 Å². The Morgan fingerprint density at radius 2 is 1.93 bits per heavy atom.